The molecule has 0 saturated heterocycles. The smallest absolute Gasteiger partial charge is 0.0143 e. The second-order valence-corrected chi connectivity index (χ2v) is 5.84. The van der Waals surface area contributed by atoms with Crippen LogP contribution in [0.3, 0.4) is 0 Å². The van der Waals surface area contributed by atoms with Crippen molar-refractivity contribution in [3.63, 3.8) is 0 Å². The Hall–Kier alpha value is -0.380. The topological polar surface area (TPSA) is 38.0 Å². The lowest BCUT2D eigenvalue weighted by Gasteiger charge is -2.25. The summed E-state index contributed by atoms with van der Waals surface area (Å²) in [5.41, 5.74) is 7.31. The summed E-state index contributed by atoms with van der Waals surface area (Å²) in [7, 11) is 0. The third kappa shape index (κ3) is 3.59. The van der Waals surface area contributed by atoms with Gasteiger partial charge in [-0.3, -0.25) is 0 Å². The highest BCUT2D eigenvalue weighted by Crippen LogP contribution is 2.30. The van der Waals surface area contributed by atoms with Gasteiger partial charge in [0.2, 0.25) is 0 Å². The number of hydrogen-bond donors (Lipinski definition) is 2. The summed E-state index contributed by atoms with van der Waals surface area (Å²) in [5, 5.41) is 5.59. The molecule has 86 valence electrons. The zero-order valence-electron chi connectivity index (χ0n) is 10.1. The number of rotatable bonds is 5. The van der Waals surface area contributed by atoms with Crippen LogP contribution in [0.2, 0.25) is 0 Å². The average molecular weight is 226 g/mol. The molecule has 1 rings (SSSR count). The first-order valence-corrected chi connectivity index (χ1v) is 6.32. The molecule has 0 saturated carbocycles. The molecule has 3 N–H and O–H groups in total. The van der Waals surface area contributed by atoms with Crippen LogP contribution >= 0.6 is 11.3 Å². The minimum Gasteiger partial charge on any atom is -0.327 e. The van der Waals surface area contributed by atoms with Crippen LogP contribution in [0, 0.1) is 6.92 Å². The molecule has 0 radical (unpaired) electrons. The zero-order valence-corrected chi connectivity index (χ0v) is 10.9. The maximum absolute atomic E-state index is 5.71. The van der Waals surface area contributed by atoms with E-state index >= 15 is 0 Å². The lowest BCUT2D eigenvalue weighted by Crippen LogP contribution is -2.38. The highest BCUT2D eigenvalue weighted by molar-refractivity contribution is 7.10. The summed E-state index contributed by atoms with van der Waals surface area (Å²) in [5.74, 6) is 0. The molecule has 0 spiro atoms. The molecule has 2 nitrogen and oxygen atoms in total. The second-order valence-electron chi connectivity index (χ2n) is 4.92. The van der Waals surface area contributed by atoms with Gasteiger partial charge in [-0.25, -0.2) is 0 Å². The Labute approximate surface area is 96.9 Å². The van der Waals surface area contributed by atoms with Gasteiger partial charge >= 0.3 is 0 Å². The maximum atomic E-state index is 5.71. The van der Waals surface area contributed by atoms with E-state index in [1.807, 2.05) is 18.3 Å². The van der Waals surface area contributed by atoms with Crippen LogP contribution in [0.5, 0.6) is 0 Å². The Morgan fingerprint density at radius 3 is 2.67 bits per heavy atom. The highest BCUT2D eigenvalue weighted by atomic mass is 32.1. The van der Waals surface area contributed by atoms with Crippen LogP contribution in [0.4, 0.5) is 0 Å². The summed E-state index contributed by atoms with van der Waals surface area (Å²) in [4.78, 5) is 1.47. The molecule has 1 aromatic heterocycles. The summed E-state index contributed by atoms with van der Waals surface area (Å²) in [6.07, 6.45) is 0. The first-order valence-electron chi connectivity index (χ1n) is 5.44. The van der Waals surface area contributed by atoms with Crippen LogP contribution in [0.25, 0.3) is 0 Å². The van der Waals surface area contributed by atoms with E-state index in [2.05, 4.69) is 37.5 Å². The molecule has 0 aliphatic rings. The van der Waals surface area contributed by atoms with Gasteiger partial charge in [-0.15, -0.1) is 11.3 Å². The number of aryl methyl sites for hydroxylation is 1. The first-order chi connectivity index (χ1) is 6.93. The minimum atomic E-state index is 0.202. The van der Waals surface area contributed by atoms with Crippen molar-refractivity contribution in [3.05, 3.63) is 21.9 Å². The molecular weight excluding hydrogens is 204 g/mol. The van der Waals surface area contributed by atoms with Crippen molar-refractivity contribution < 1.29 is 0 Å². The lowest BCUT2D eigenvalue weighted by molar-refractivity contribution is 0.464. The van der Waals surface area contributed by atoms with Crippen LogP contribution in [0.1, 0.15) is 31.2 Å². The normalized spacial score (nSPS) is 14.2. The van der Waals surface area contributed by atoms with Gasteiger partial charge < -0.3 is 11.1 Å². The number of thiophene rings is 1. The third-order valence-corrected chi connectivity index (χ3v) is 3.89. The van der Waals surface area contributed by atoms with Crippen molar-refractivity contribution in [3.8, 4) is 0 Å². The zero-order chi connectivity index (χ0) is 11.5. The summed E-state index contributed by atoms with van der Waals surface area (Å²) in [6, 6.07) is 2.41. The fourth-order valence-corrected chi connectivity index (χ4v) is 2.81. The van der Waals surface area contributed by atoms with Gasteiger partial charge in [-0.05, 0) is 30.9 Å². The fraction of sp³-hybridized carbons (Fsp3) is 0.667. The largest absolute Gasteiger partial charge is 0.327 e. The summed E-state index contributed by atoms with van der Waals surface area (Å²) >= 11 is 1.84. The van der Waals surface area contributed by atoms with E-state index in [0.717, 1.165) is 13.1 Å². The highest BCUT2D eigenvalue weighted by Gasteiger charge is 2.23. The minimum absolute atomic E-state index is 0.202. The van der Waals surface area contributed by atoms with E-state index in [0.29, 0.717) is 0 Å². The second kappa shape index (κ2) is 5.10. The fourth-order valence-electron chi connectivity index (χ4n) is 1.76. The van der Waals surface area contributed by atoms with Crippen molar-refractivity contribution in [1.29, 1.82) is 0 Å². The van der Waals surface area contributed by atoms with Crippen LogP contribution in [-0.4, -0.2) is 19.1 Å². The van der Waals surface area contributed by atoms with E-state index in [1.54, 1.807) is 0 Å². The van der Waals surface area contributed by atoms with E-state index in [-0.39, 0.29) is 11.5 Å². The van der Waals surface area contributed by atoms with Gasteiger partial charge in [0.05, 0.1) is 0 Å². The van der Waals surface area contributed by atoms with Gasteiger partial charge in [0.1, 0.15) is 0 Å². The van der Waals surface area contributed by atoms with Crippen molar-refractivity contribution >= 4 is 11.3 Å². The van der Waals surface area contributed by atoms with Crippen molar-refractivity contribution in [2.24, 2.45) is 5.73 Å². The Kier molecular flexibility index (Phi) is 4.32. The van der Waals surface area contributed by atoms with Crippen LogP contribution in [0.15, 0.2) is 11.4 Å². The molecule has 0 bridgehead atoms. The maximum Gasteiger partial charge on any atom is 0.0143 e. The van der Waals surface area contributed by atoms with Gasteiger partial charge in [0.15, 0.2) is 0 Å². The predicted octanol–water partition coefficient (Wildman–Crippen LogP) is 2.27. The SMILES string of the molecule is Cc1ccsc1C(C)(C)CNCC(C)N. The van der Waals surface area contributed by atoms with Gasteiger partial charge in [0, 0.05) is 29.4 Å². The lowest BCUT2D eigenvalue weighted by atomic mass is 9.89. The van der Waals surface area contributed by atoms with E-state index in [1.165, 1.54) is 10.4 Å². The predicted molar refractivity (Wildman–Crippen MR) is 68.6 cm³/mol. The van der Waals surface area contributed by atoms with E-state index in [4.69, 9.17) is 5.73 Å². The molecule has 3 heteroatoms. The standard InChI is InChI=1S/C12H22N2S/c1-9-5-6-15-11(9)12(3,4)8-14-7-10(2)13/h5-6,10,14H,7-8,13H2,1-4H3. The molecule has 0 aliphatic heterocycles. The Morgan fingerprint density at radius 1 is 1.53 bits per heavy atom. The van der Waals surface area contributed by atoms with Gasteiger partial charge in [-0.1, -0.05) is 13.8 Å². The first kappa shape index (κ1) is 12.7. The quantitative estimate of drug-likeness (QED) is 0.808. The van der Waals surface area contributed by atoms with Crippen LogP contribution < -0.4 is 11.1 Å². The molecule has 0 amide bonds. The summed E-state index contributed by atoms with van der Waals surface area (Å²) < 4.78 is 0. The summed E-state index contributed by atoms with van der Waals surface area (Å²) in [6.45, 7) is 10.6. The molecule has 1 unspecified atom stereocenters. The third-order valence-electron chi connectivity index (χ3n) is 2.51. The van der Waals surface area contributed by atoms with Gasteiger partial charge in [0.25, 0.3) is 0 Å². The van der Waals surface area contributed by atoms with Crippen LogP contribution in [-0.2, 0) is 5.41 Å². The monoisotopic (exact) mass is 226 g/mol. The number of nitrogens with one attached hydrogen (secondary N) is 1. The molecule has 1 heterocycles. The van der Waals surface area contributed by atoms with Crippen molar-refractivity contribution in [1.82, 2.24) is 5.32 Å². The Bertz CT molecular complexity index is 302. The van der Waals surface area contributed by atoms with E-state index in [9.17, 15) is 0 Å². The van der Waals surface area contributed by atoms with Gasteiger partial charge in [-0.2, -0.15) is 0 Å². The molecule has 15 heavy (non-hydrogen) atoms. The molecule has 1 atom stereocenters. The van der Waals surface area contributed by atoms with Crippen molar-refractivity contribution in [2.45, 2.75) is 39.2 Å². The molecular formula is C12H22N2S. The number of hydrogen-bond acceptors (Lipinski definition) is 3. The molecule has 1 aromatic rings. The van der Waals surface area contributed by atoms with Crippen molar-refractivity contribution in [2.75, 3.05) is 13.1 Å². The molecule has 0 aromatic carbocycles. The Morgan fingerprint density at radius 2 is 2.20 bits per heavy atom. The number of nitrogens with two attached hydrogens (primary N) is 1. The average Bonchev–Trinajstić information content (AvgIpc) is 2.50. The Balaban J connectivity index is 2.56. The molecule has 0 aliphatic carbocycles. The van der Waals surface area contributed by atoms with E-state index < -0.39 is 0 Å². The molecule has 0 fully saturated rings.